The van der Waals surface area contributed by atoms with Crippen LogP contribution in [0.3, 0.4) is 0 Å². The van der Waals surface area contributed by atoms with E-state index >= 15 is 0 Å². The Kier molecular flexibility index (Phi) is 4.35. The molecule has 1 heterocycles. The Labute approximate surface area is 138 Å². The molecule has 3 nitrogen and oxygen atoms in total. The first-order valence-corrected chi connectivity index (χ1v) is 8.10. The third-order valence-corrected chi connectivity index (χ3v) is 4.75. The van der Waals surface area contributed by atoms with Crippen molar-refractivity contribution in [2.75, 3.05) is 13.7 Å². The standard InChI is InChI=1S/C17H18INO2/c1-21-16-9-12(8-15(18)17(16)20)10-19-7-6-13-4-2-3-5-14(13)11-19/h2-5,8-9,20H,6-7,10-11H2,1H3. The molecule has 0 aromatic heterocycles. The van der Waals surface area contributed by atoms with Crippen LogP contribution < -0.4 is 4.74 Å². The van der Waals surface area contributed by atoms with E-state index < -0.39 is 0 Å². The van der Waals surface area contributed by atoms with Gasteiger partial charge in [-0.2, -0.15) is 0 Å². The zero-order chi connectivity index (χ0) is 14.8. The average molecular weight is 395 g/mol. The molecule has 1 N–H and O–H groups in total. The molecule has 0 bridgehead atoms. The maximum atomic E-state index is 9.91. The molecule has 0 amide bonds. The van der Waals surface area contributed by atoms with Gasteiger partial charge in [-0.1, -0.05) is 24.3 Å². The van der Waals surface area contributed by atoms with Crippen molar-refractivity contribution in [3.05, 3.63) is 56.7 Å². The molecule has 3 rings (SSSR count). The lowest BCUT2D eigenvalue weighted by Crippen LogP contribution is -2.30. The van der Waals surface area contributed by atoms with Gasteiger partial charge in [0.1, 0.15) is 0 Å². The first kappa shape index (κ1) is 14.7. The number of fused-ring (bicyclic) bond motifs is 1. The van der Waals surface area contributed by atoms with Crippen molar-refractivity contribution in [2.45, 2.75) is 19.5 Å². The summed E-state index contributed by atoms with van der Waals surface area (Å²) >= 11 is 2.14. The summed E-state index contributed by atoms with van der Waals surface area (Å²) in [6.45, 7) is 2.92. The number of hydrogen-bond donors (Lipinski definition) is 1. The average Bonchev–Trinajstić information content (AvgIpc) is 2.50. The first-order chi connectivity index (χ1) is 10.2. The number of hydrogen-bond acceptors (Lipinski definition) is 3. The van der Waals surface area contributed by atoms with Crippen molar-refractivity contribution >= 4 is 22.6 Å². The molecule has 110 valence electrons. The molecular weight excluding hydrogens is 377 g/mol. The molecule has 0 radical (unpaired) electrons. The number of ether oxygens (including phenoxy) is 1. The Morgan fingerprint density at radius 1 is 1.24 bits per heavy atom. The van der Waals surface area contributed by atoms with E-state index in [4.69, 9.17) is 4.74 Å². The van der Waals surface area contributed by atoms with Crippen LogP contribution in [-0.2, 0) is 19.5 Å². The van der Waals surface area contributed by atoms with Gasteiger partial charge in [-0.05, 0) is 57.8 Å². The largest absolute Gasteiger partial charge is 0.504 e. The van der Waals surface area contributed by atoms with Gasteiger partial charge in [-0.25, -0.2) is 0 Å². The van der Waals surface area contributed by atoms with E-state index in [1.54, 1.807) is 7.11 Å². The second kappa shape index (κ2) is 6.23. The van der Waals surface area contributed by atoms with Crippen LogP contribution in [0.4, 0.5) is 0 Å². The van der Waals surface area contributed by atoms with Gasteiger partial charge in [-0.3, -0.25) is 4.90 Å². The smallest absolute Gasteiger partial charge is 0.171 e. The summed E-state index contributed by atoms with van der Waals surface area (Å²) in [5, 5.41) is 9.91. The van der Waals surface area contributed by atoms with Crippen LogP contribution >= 0.6 is 22.6 Å². The van der Waals surface area contributed by atoms with Crippen LogP contribution in [0.5, 0.6) is 11.5 Å². The summed E-state index contributed by atoms with van der Waals surface area (Å²) < 4.78 is 6.07. The number of phenols is 1. The van der Waals surface area contributed by atoms with Crippen molar-refractivity contribution in [1.29, 1.82) is 0 Å². The Morgan fingerprint density at radius 3 is 2.76 bits per heavy atom. The quantitative estimate of drug-likeness (QED) is 0.807. The van der Waals surface area contributed by atoms with Crippen molar-refractivity contribution in [3.8, 4) is 11.5 Å². The summed E-state index contributed by atoms with van der Waals surface area (Å²) in [4.78, 5) is 2.43. The summed E-state index contributed by atoms with van der Waals surface area (Å²) in [6, 6.07) is 12.6. The van der Waals surface area contributed by atoms with E-state index in [1.807, 2.05) is 12.1 Å². The lowest BCUT2D eigenvalue weighted by atomic mass is 9.99. The van der Waals surface area contributed by atoms with Gasteiger partial charge in [0.05, 0.1) is 10.7 Å². The predicted octanol–water partition coefficient (Wildman–Crippen LogP) is 3.56. The second-order valence-electron chi connectivity index (χ2n) is 5.36. The third kappa shape index (κ3) is 3.16. The molecular formula is C17H18INO2. The normalized spacial score (nSPS) is 14.8. The molecule has 0 spiro atoms. The fourth-order valence-corrected chi connectivity index (χ4v) is 3.49. The monoisotopic (exact) mass is 395 g/mol. The molecule has 0 unspecified atom stereocenters. The molecule has 1 aliphatic heterocycles. The number of aromatic hydroxyl groups is 1. The molecule has 21 heavy (non-hydrogen) atoms. The van der Waals surface area contributed by atoms with Gasteiger partial charge in [0.25, 0.3) is 0 Å². The lowest BCUT2D eigenvalue weighted by Gasteiger charge is -2.29. The highest BCUT2D eigenvalue weighted by Crippen LogP contribution is 2.33. The van der Waals surface area contributed by atoms with Crippen LogP contribution in [0.2, 0.25) is 0 Å². The number of nitrogens with zero attached hydrogens (tertiary/aromatic N) is 1. The van der Waals surface area contributed by atoms with Crippen molar-refractivity contribution in [1.82, 2.24) is 4.90 Å². The van der Waals surface area contributed by atoms with Gasteiger partial charge in [-0.15, -0.1) is 0 Å². The minimum Gasteiger partial charge on any atom is -0.504 e. The SMILES string of the molecule is COc1cc(CN2CCc3ccccc3C2)cc(I)c1O. The molecule has 0 aliphatic carbocycles. The van der Waals surface area contributed by atoms with E-state index in [0.29, 0.717) is 5.75 Å². The Bertz CT molecular complexity index is 657. The highest BCUT2D eigenvalue weighted by molar-refractivity contribution is 14.1. The predicted molar refractivity (Wildman–Crippen MR) is 91.6 cm³/mol. The minimum atomic E-state index is 0.228. The van der Waals surface area contributed by atoms with Crippen LogP contribution in [0.1, 0.15) is 16.7 Å². The highest BCUT2D eigenvalue weighted by Gasteiger charge is 2.17. The molecule has 0 saturated carbocycles. The van der Waals surface area contributed by atoms with Crippen LogP contribution in [0.25, 0.3) is 0 Å². The van der Waals surface area contributed by atoms with E-state index in [-0.39, 0.29) is 5.75 Å². The fourth-order valence-electron chi connectivity index (χ4n) is 2.82. The molecule has 4 heteroatoms. The second-order valence-corrected chi connectivity index (χ2v) is 6.52. The topological polar surface area (TPSA) is 32.7 Å². The van der Waals surface area contributed by atoms with E-state index in [1.165, 1.54) is 16.7 Å². The summed E-state index contributed by atoms with van der Waals surface area (Å²) in [6.07, 6.45) is 1.10. The van der Waals surface area contributed by atoms with Crippen LogP contribution in [0.15, 0.2) is 36.4 Å². The fraction of sp³-hybridized carbons (Fsp3) is 0.294. The summed E-state index contributed by atoms with van der Waals surface area (Å²) in [7, 11) is 1.59. The molecule has 0 fully saturated rings. The molecule has 2 aromatic rings. The summed E-state index contributed by atoms with van der Waals surface area (Å²) in [5.41, 5.74) is 4.06. The number of rotatable bonds is 3. The van der Waals surface area contributed by atoms with E-state index in [0.717, 1.165) is 29.6 Å². The van der Waals surface area contributed by atoms with Gasteiger partial charge in [0, 0.05) is 19.6 Å². The van der Waals surface area contributed by atoms with Crippen molar-refractivity contribution < 1.29 is 9.84 Å². The maximum Gasteiger partial charge on any atom is 0.171 e. The number of halogens is 1. The van der Waals surface area contributed by atoms with Gasteiger partial charge >= 0.3 is 0 Å². The van der Waals surface area contributed by atoms with Gasteiger partial charge < -0.3 is 9.84 Å². The molecule has 1 aliphatic rings. The van der Waals surface area contributed by atoms with E-state index in [9.17, 15) is 5.11 Å². The van der Waals surface area contributed by atoms with Gasteiger partial charge in [0.15, 0.2) is 11.5 Å². The first-order valence-electron chi connectivity index (χ1n) is 7.02. The molecule has 0 atom stereocenters. The Morgan fingerprint density at radius 2 is 2.00 bits per heavy atom. The number of benzene rings is 2. The minimum absolute atomic E-state index is 0.228. The van der Waals surface area contributed by atoms with Gasteiger partial charge in [0.2, 0.25) is 0 Å². The molecule has 0 saturated heterocycles. The lowest BCUT2D eigenvalue weighted by molar-refractivity contribution is 0.245. The summed E-state index contributed by atoms with van der Waals surface area (Å²) in [5.74, 6) is 0.778. The van der Waals surface area contributed by atoms with Crippen molar-refractivity contribution in [3.63, 3.8) is 0 Å². The van der Waals surface area contributed by atoms with Crippen LogP contribution in [-0.4, -0.2) is 23.7 Å². The molecule has 2 aromatic carbocycles. The maximum absolute atomic E-state index is 9.91. The van der Waals surface area contributed by atoms with Crippen molar-refractivity contribution in [2.24, 2.45) is 0 Å². The zero-order valence-electron chi connectivity index (χ0n) is 12.0. The highest BCUT2D eigenvalue weighted by atomic mass is 127. The zero-order valence-corrected chi connectivity index (χ0v) is 14.1. The third-order valence-electron chi connectivity index (χ3n) is 3.92. The number of phenolic OH excluding ortho intramolecular Hbond substituents is 1. The Hall–Kier alpha value is -1.27. The van der Waals surface area contributed by atoms with Crippen LogP contribution in [0, 0.1) is 3.57 Å². The van der Waals surface area contributed by atoms with E-state index in [2.05, 4.69) is 51.8 Å². The number of methoxy groups -OCH3 is 1. The Balaban J connectivity index is 1.78.